The maximum absolute atomic E-state index is 12.3. The fourth-order valence-electron chi connectivity index (χ4n) is 2.60. The summed E-state index contributed by atoms with van der Waals surface area (Å²) in [5, 5.41) is 8.16. The van der Waals surface area contributed by atoms with Crippen LogP contribution in [0.3, 0.4) is 0 Å². The fraction of sp³-hybridized carbons (Fsp3) is 0.250. The molecule has 3 rings (SSSR count). The lowest BCUT2D eigenvalue weighted by atomic mass is 10.1. The van der Waals surface area contributed by atoms with Crippen LogP contribution in [0.1, 0.15) is 35.9 Å². The van der Waals surface area contributed by atoms with Crippen LogP contribution in [0.25, 0.3) is 0 Å². The smallest absolute Gasteiger partial charge is 0.364 e. The minimum absolute atomic E-state index is 0.0325. The number of carbonyl (C=O) groups is 1. The van der Waals surface area contributed by atoms with E-state index in [1.54, 1.807) is 30.8 Å². The van der Waals surface area contributed by atoms with E-state index in [0.29, 0.717) is 5.75 Å². The molecule has 3 aromatic rings. The highest BCUT2D eigenvalue weighted by molar-refractivity contribution is 9.10. The Bertz CT molecular complexity index is 939. The standard InChI is InChI=1S/C20H20BrN3O4/c1-4-27-20(25)18-19(28-17-11-7-15(21)8-12-17)24(23-22-18)13(2)14-5-9-16(26-3)10-6-14/h5-13H,4H2,1-3H3. The normalized spacial score (nSPS) is 11.7. The molecule has 0 radical (unpaired) electrons. The van der Waals surface area contributed by atoms with Crippen molar-refractivity contribution in [1.29, 1.82) is 0 Å². The first-order chi connectivity index (χ1) is 13.5. The molecule has 7 nitrogen and oxygen atoms in total. The Kier molecular flexibility index (Phi) is 6.30. The van der Waals surface area contributed by atoms with Crippen molar-refractivity contribution in [3.05, 3.63) is 64.3 Å². The number of ether oxygens (including phenoxy) is 3. The highest BCUT2D eigenvalue weighted by Crippen LogP contribution is 2.31. The van der Waals surface area contributed by atoms with E-state index in [0.717, 1.165) is 15.8 Å². The molecule has 0 aliphatic carbocycles. The number of methoxy groups -OCH3 is 1. The van der Waals surface area contributed by atoms with Gasteiger partial charge in [-0.3, -0.25) is 0 Å². The monoisotopic (exact) mass is 445 g/mol. The molecule has 8 heteroatoms. The van der Waals surface area contributed by atoms with Gasteiger partial charge in [-0.25, -0.2) is 9.48 Å². The Morgan fingerprint density at radius 3 is 2.36 bits per heavy atom. The van der Waals surface area contributed by atoms with E-state index in [9.17, 15) is 4.79 Å². The van der Waals surface area contributed by atoms with Gasteiger partial charge < -0.3 is 14.2 Å². The number of hydrogen-bond donors (Lipinski definition) is 0. The van der Waals surface area contributed by atoms with Crippen LogP contribution in [0.2, 0.25) is 0 Å². The van der Waals surface area contributed by atoms with Gasteiger partial charge in [0.15, 0.2) is 0 Å². The average Bonchev–Trinajstić information content (AvgIpc) is 3.13. The van der Waals surface area contributed by atoms with E-state index in [-0.39, 0.29) is 24.2 Å². The third-order valence-corrected chi connectivity index (χ3v) is 4.64. The van der Waals surface area contributed by atoms with Crippen LogP contribution < -0.4 is 9.47 Å². The van der Waals surface area contributed by atoms with E-state index in [4.69, 9.17) is 14.2 Å². The second-order valence-corrected chi connectivity index (χ2v) is 6.83. The molecule has 1 aromatic heterocycles. The lowest BCUT2D eigenvalue weighted by molar-refractivity contribution is 0.0516. The molecule has 0 amide bonds. The summed E-state index contributed by atoms with van der Waals surface area (Å²) >= 11 is 3.39. The summed E-state index contributed by atoms with van der Waals surface area (Å²) in [6.07, 6.45) is 0. The van der Waals surface area contributed by atoms with Crippen LogP contribution in [-0.4, -0.2) is 34.7 Å². The quantitative estimate of drug-likeness (QED) is 0.493. The van der Waals surface area contributed by atoms with Crippen molar-refractivity contribution >= 4 is 21.9 Å². The molecule has 0 fully saturated rings. The summed E-state index contributed by atoms with van der Waals surface area (Å²) in [7, 11) is 1.62. The number of benzene rings is 2. The molecule has 0 saturated carbocycles. The molecule has 0 N–H and O–H groups in total. The van der Waals surface area contributed by atoms with Gasteiger partial charge in [0, 0.05) is 4.47 Å². The maximum Gasteiger partial charge on any atom is 0.364 e. The van der Waals surface area contributed by atoms with Crippen LogP contribution in [-0.2, 0) is 4.74 Å². The van der Waals surface area contributed by atoms with Gasteiger partial charge in [0.25, 0.3) is 5.88 Å². The topological polar surface area (TPSA) is 75.5 Å². The SMILES string of the molecule is CCOC(=O)c1nnn(C(C)c2ccc(OC)cc2)c1Oc1ccc(Br)cc1. The van der Waals surface area contributed by atoms with Gasteiger partial charge in [0.1, 0.15) is 11.5 Å². The van der Waals surface area contributed by atoms with Crippen LogP contribution in [0.4, 0.5) is 0 Å². The predicted octanol–water partition coefficient (Wildman–Crippen LogP) is 4.63. The summed E-state index contributed by atoms with van der Waals surface area (Å²) in [5.41, 5.74) is 0.992. The second-order valence-electron chi connectivity index (χ2n) is 5.91. The maximum atomic E-state index is 12.3. The highest BCUT2D eigenvalue weighted by Gasteiger charge is 2.26. The third-order valence-electron chi connectivity index (χ3n) is 4.11. The lowest BCUT2D eigenvalue weighted by Gasteiger charge is -2.16. The average molecular weight is 446 g/mol. The number of nitrogens with zero attached hydrogens (tertiary/aromatic N) is 3. The number of halogens is 1. The van der Waals surface area contributed by atoms with Gasteiger partial charge >= 0.3 is 5.97 Å². The number of aromatic nitrogens is 3. The summed E-state index contributed by atoms with van der Waals surface area (Å²) in [5.74, 6) is 0.958. The van der Waals surface area contributed by atoms with Crippen molar-refractivity contribution in [3.8, 4) is 17.4 Å². The minimum Gasteiger partial charge on any atom is -0.497 e. The van der Waals surface area contributed by atoms with Crippen LogP contribution in [0.5, 0.6) is 17.4 Å². The molecule has 1 atom stereocenters. The van der Waals surface area contributed by atoms with Crippen LogP contribution >= 0.6 is 15.9 Å². The first kappa shape index (κ1) is 19.9. The number of rotatable bonds is 7. The summed E-state index contributed by atoms with van der Waals surface area (Å²) in [6, 6.07) is 14.6. The number of esters is 1. The molecule has 0 spiro atoms. The molecule has 28 heavy (non-hydrogen) atoms. The van der Waals surface area contributed by atoms with Crippen molar-refractivity contribution in [1.82, 2.24) is 15.0 Å². The third kappa shape index (κ3) is 4.33. The van der Waals surface area contributed by atoms with E-state index in [1.165, 1.54) is 0 Å². The summed E-state index contributed by atoms with van der Waals surface area (Å²) < 4.78 is 18.8. The predicted molar refractivity (Wildman–Crippen MR) is 107 cm³/mol. The van der Waals surface area contributed by atoms with Gasteiger partial charge in [0.05, 0.1) is 19.8 Å². The van der Waals surface area contributed by atoms with E-state index >= 15 is 0 Å². The Hall–Kier alpha value is -2.87. The lowest BCUT2D eigenvalue weighted by Crippen LogP contribution is -2.12. The van der Waals surface area contributed by atoms with Crippen molar-refractivity contribution in [3.63, 3.8) is 0 Å². The first-order valence-corrected chi connectivity index (χ1v) is 9.52. The van der Waals surface area contributed by atoms with Gasteiger partial charge in [0.2, 0.25) is 5.69 Å². The summed E-state index contributed by atoms with van der Waals surface area (Å²) in [6.45, 7) is 3.91. The Balaban J connectivity index is 1.99. The summed E-state index contributed by atoms with van der Waals surface area (Å²) in [4.78, 5) is 12.3. The second kappa shape index (κ2) is 8.88. The molecule has 0 aliphatic rings. The minimum atomic E-state index is -0.581. The van der Waals surface area contributed by atoms with Crippen molar-refractivity contribution in [2.45, 2.75) is 19.9 Å². The Labute approximate surface area is 171 Å². The van der Waals surface area contributed by atoms with Gasteiger partial charge in [-0.05, 0) is 55.8 Å². The molecular formula is C20H20BrN3O4. The number of carbonyl (C=O) groups excluding carboxylic acids is 1. The van der Waals surface area contributed by atoms with Crippen molar-refractivity contribution in [2.75, 3.05) is 13.7 Å². The molecule has 1 unspecified atom stereocenters. The highest BCUT2D eigenvalue weighted by atomic mass is 79.9. The Morgan fingerprint density at radius 1 is 1.11 bits per heavy atom. The molecule has 0 aliphatic heterocycles. The molecule has 146 valence electrons. The van der Waals surface area contributed by atoms with E-state index < -0.39 is 5.97 Å². The van der Waals surface area contributed by atoms with E-state index in [2.05, 4.69) is 26.2 Å². The molecule has 0 bridgehead atoms. The van der Waals surface area contributed by atoms with E-state index in [1.807, 2.05) is 43.3 Å². The van der Waals surface area contributed by atoms with Crippen molar-refractivity contribution in [2.24, 2.45) is 0 Å². The molecule has 2 aromatic carbocycles. The van der Waals surface area contributed by atoms with Gasteiger partial charge in [-0.15, -0.1) is 5.10 Å². The molecule has 0 saturated heterocycles. The van der Waals surface area contributed by atoms with Gasteiger partial charge in [-0.1, -0.05) is 33.3 Å². The zero-order valence-electron chi connectivity index (χ0n) is 15.8. The zero-order chi connectivity index (χ0) is 20.1. The molecule has 1 heterocycles. The van der Waals surface area contributed by atoms with Crippen LogP contribution in [0, 0.1) is 0 Å². The number of hydrogen-bond acceptors (Lipinski definition) is 6. The first-order valence-electron chi connectivity index (χ1n) is 8.73. The van der Waals surface area contributed by atoms with Crippen LogP contribution in [0.15, 0.2) is 53.0 Å². The van der Waals surface area contributed by atoms with Gasteiger partial charge in [-0.2, -0.15) is 0 Å². The Morgan fingerprint density at radius 2 is 1.75 bits per heavy atom. The zero-order valence-corrected chi connectivity index (χ0v) is 17.3. The molecular weight excluding hydrogens is 426 g/mol. The van der Waals surface area contributed by atoms with Crippen molar-refractivity contribution < 1.29 is 19.0 Å². The fourth-order valence-corrected chi connectivity index (χ4v) is 2.86. The largest absolute Gasteiger partial charge is 0.497 e.